The molecule has 2 rings (SSSR count). The molecule has 0 fully saturated rings. The second-order valence-corrected chi connectivity index (χ2v) is 4.48. The van der Waals surface area contributed by atoms with Crippen molar-refractivity contribution >= 4 is 23.5 Å². The van der Waals surface area contributed by atoms with Crippen molar-refractivity contribution in [1.29, 1.82) is 0 Å². The molecule has 0 aliphatic rings. The van der Waals surface area contributed by atoms with E-state index in [1.165, 1.54) is 37.3 Å². The van der Waals surface area contributed by atoms with Gasteiger partial charge in [-0.2, -0.15) is 0 Å². The zero-order valence-electron chi connectivity index (χ0n) is 10.0. The number of aromatic amines is 1. The number of nitrogen functional groups attached to an aromatic ring is 1. The van der Waals surface area contributed by atoms with Gasteiger partial charge < -0.3 is 19.9 Å². The number of aromatic nitrogens is 2. The maximum atomic E-state index is 11.4. The summed E-state index contributed by atoms with van der Waals surface area (Å²) >= 11 is 1.20. The Balaban J connectivity index is 2.12. The maximum Gasteiger partial charge on any atom is 0.341 e. The van der Waals surface area contributed by atoms with Gasteiger partial charge in [-0.15, -0.1) is 0 Å². The van der Waals surface area contributed by atoms with Crippen LogP contribution in [0.15, 0.2) is 32.8 Å². The third kappa shape index (κ3) is 3.16. The van der Waals surface area contributed by atoms with Crippen LogP contribution in [-0.4, -0.2) is 23.0 Å². The fraction of sp³-hybridized carbons (Fsp3) is 0.182. The molecular formula is C11H11N3O4S. The minimum absolute atomic E-state index is 0.138. The van der Waals surface area contributed by atoms with Crippen LogP contribution in [-0.2, 0) is 10.5 Å². The molecule has 0 atom stereocenters. The van der Waals surface area contributed by atoms with E-state index in [4.69, 9.17) is 10.2 Å². The standard InChI is InChI=1S/C11H11N3O4S/c1-17-10(16)6-2-3-18-7(6)5-19-11-13-8(12)4-9(15)14-11/h2-4H,5H2,1H3,(H3,12,13,14,15). The number of nitrogens with zero attached hydrogens (tertiary/aromatic N) is 1. The third-order valence-corrected chi connectivity index (χ3v) is 3.10. The smallest absolute Gasteiger partial charge is 0.341 e. The molecule has 0 amide bonds. The molecule has 3 N–H and O–H groups in total. The summed E-state index contributed by atoms with van der Waals surface area (Å²) in [7, 11) is 1.29. The number of hydrogen-bond acceptors (Lipinski definition) is 7. The lowest BCUT2D eigenvalue weighted by molar-refractivity contribution is 0.0598. The number of H-pyrrole nitrogens is 1. The normalized spacial score (nSPS) is 10.4. The summed E-state index contributed by atoms with van der Waals surface area (Å²) in [6.07, 6.45) is 1.40. The lowest BCUT2D eigenvalue weighted by Gasteiger charge is -2.01. The first-order valence-electron chi connectivity index (χ1n) is 5.24. The third-order valence-electron chi connectivity index (χ3n) is 2.23. The summed E-state index contributed by atoms with van der Waals surface area (Å²) in [6.45, 7) is 0. The zero-order chi connectivity index (χ0) is 13.8. The van der Waals surface area contributed by atoms with E-state index in [0.29, 0.717) is 22.2 Å². The Bertz CT molecular complexity index is 649. The van der Waals surface area contributed by atoms with E-state index in [1.54, 1.807) is 0 Å². The second-order valence-electron chi connectivity index (χ2n) is 3.51. The molecule has 0 aliphatic carbocycles. The number of carbonyl (C=O) groups is 1. The first-order chi connectivity index (χ1) is 9.10. The van der Waals surface area contributed by atoms with Crippen LogP contribution < -0.4 is 11.3 Å². The minimum atomic E-state index is -0.474. The number of furan rings is 1. The molecule has 0 radical (unpaired) electrons. The Labute approximate surface area is 112 Å². The number of methoxy groups -OCH3 is 1. The van der Waals surface area contributed by atoms with Gasteiger partial charge in [-0.25, -0.2) is 9.78 Å². The lowest BCUT2D eigenvalue weighted by Crippen LogP contribution is -2.09. The van der Waals surface area contributed by atoms with Crippen LogP contribution in [0.4, 0.5) is 5.82 Å². The van der Waals surface area contributed by atoms with Crippen molar-refractivity contribution in [3.05, 3.63) is 40.1 Å². The molecular weight excluding hydrogens is 270 g/mol. The number of ether oxygens (including phenoxy) is 1. The number of nitrogens with two attached hydrogens (primary N) is 1. The Morgan fingerprint density at radius 3 is 3.11 bits per heavy atom. The van der Waals surface area contributed by atoms with E-state index in [0.717, 1.165) is 0 Å². The molecule has 0 saturated heterocycles. The van der Waals surface area contributed by atoms with Gasteiger partial charge in [-0.3, -0.25) is 4.79 Å². The van der Waals surface area contributed by atoms with E-state index in [9.17, 15) is 9.59 Å². The first kappa shape index (κ1) is 13.2. The van der Waals surface area contributed by atoms with Crippen LogP contribution in [0.1, 0.15) is 16.1 Å². The molecule has 0 saturated carbocycles. The van der Waals surface area contributed by atoms with Crippen molar-refractivity contribution in [3.8, 4) is 0 Å². The summed E-state index contributed by atoms with van der Waals surface area (Å²) < 4.78 is 9.82. The van der Waals surface area contributed by atoms with Gasteiger partial charge in [0.15, 0.2) is 5.16 Å². The Kier molecular flexibility index (Phi) is 3.91. The average Bonchev–Trinajstić information content (AvgIpc) is 2.82. The largest absolute Gasteiger partial charge is 0.468 e. The predicted octanol–water partition coefficient (Wildman–Crippen LogP) is 1.02. The van der Waals surface area contributed by atoms with Crippen molar-refractivity contribution in [2.24, 2.45) is 0 Å². The lowest BCUT2D eigenvalue weighted by atomic mass is 10.3. The van der Waals surface area contributed by atoms with Gasteiger partial charge in [0.2, 0.25) is 0 Å². The Morgan fingerprint density at radius 2 is 2.42 bits per heavy atom. The van der Waals surface area contributed by atoms with Crippen LogP contribution in [0.5, 0.6) is 0 Å². The molecule has 0 unspecified atom stereocenters. The quantitative estimate of drug-likeness (QED) is 0.489. The average molecular weight is 281 g/mol. The molecule has 8 heteroatoms. The molecule has 7 nitrogen and oxygen atoms in total. The molecule has 0 spiro atoms. The van der Waals surface area contributed by atoms with Crippen LogP contribution in [0, 0.1) is 0 Å². The number of nitrogens with one attached hydrogen (secondary N) is 1. The van der Waals surface area contributed by atoms with E-state index < -0.39 is 5.97 Å². The number of anilines is 1. The van der Waals surface area contributed by atoms with E-state index >= 15 is 0 Å². The summed E-state index contributed by atoms with van der Waals surface area (Å²) in [6, 6.07) is 2.72. The summed E-state index contributed by atoms with van der Waals surface area (Å²) in [5.41, 5.74) is 5.48. The monoisotopic (exact) mass is 281 g/mol. The molecule has 2 aromatic heterocycles. The van der Waals surface area contributed by atoms with Crippen LogP contribution in [0.25, 0.3) is 0 Å². The summed E-state index contributed by atoms with van der Waals surface area (Å²) in [5.74, 6) is 0.434. The summed E-state index contributed by atoms with van der Waals surface area (Å²) in [5, 5.41) is 0.359. The highest BCUT2D eigenvalue weighted by molar-refractivity contribution is 7.98. The zero-order valence-corrected chi connectivity index (χ0v) is 10.8. The molecule has 0 aromatic carbocycles. The van der Waals surface area contributed by atoms with Crippen molar-refractivity contribution in [2.75, 3.05) is 12.8 Å². The maximum absolute atomic E-state index is 11.4. The van der Waals surface area contributed by atoms with Gasteiger partial charge in [-0.05, 0) is 6.07 Å². The van der Waals surface area contributed by atoms with Crippen molar-refractivity contribution in [1.82, 2.24) is 9.97 Å². The fourth-order valence-corrected chi connectivity index (χ4v) is 2.23. The highest BCUT2D eigenvalue weighted by Crippen LogP contribution is 2.22. The van der Waals surface area contributed by atoms with Gasteiger partial charge in [-0.1, -0.05) is 11.8 Å². The van der Waals surface area contributed by atoms with Gasteiger partial charge in [0.1, 0.15) is 17.1 Å². The number of hydrogen-bond donors (Lipinski definition) is 2. The number of esters is 1. The Morgan fingerprint density at radius 1 is 1.63 bits per heavy atom. The molecule has 2 heterocycles. The molecule has 19 heavy (non-hydrogen) atoms. The van der Waals surface area contributed by atoms with Crippen molar-refractivity contribution in [2.45, 2.75) is 10.9 Å². The molecule has 0 bridgehead atoms. The van der Waals surface area contributed by atoms with Crippen LogP contribution in [0.3, 0.4) is 0 Å². The van der Waals surface area contributed by atoms with Gasteiger partial charge in [0.25, 0.3) is 5.56 Å². The SMILES string of the molecule is COC(=O)c1ccoc1CSc1nc(N)cc(=O)[nH]1. The second kappa shape index (κ2) is 5.61. The number of carbonyl (C=O) groups excluding carboxylic acids is 1. The van der Waals surface area contributed by atoms with E-state index in [-0.39, 0.29) is 11.4 Å². The fourth-order valence-electron chi connectivity index (χ4n) is 1.40. The topological polar surface area (TPSA) is 111 Å². The van der Waals surface area contributed by atoms with Crippen LogP contribution in [0.2, 0.25) is 0 Å². The first-order valence-corrected chi connectivity index (χ1v) is 6.23. The molecule has 0 aliphatic heterocycles. The minimum Gasteiger partial charge on any atom is -0.468 e. The van der Waals surface area contributed by atoms with Crippen LogP contribution >= 0.6 is 11.8 Å². The van der Waals surface area contributed by atoms with Crippen molar-refractivity contribution < 1.29 is 13.9 Å². The molecule has 100 valence electrons. The predicted molar refractivity (Wildman–Crippen MR) is 68.9 cm³/mol. The van der Waals surface area contributed by atoms with Crippen molar-refractivity contribution in [3.63, 3.8) is 0 Å². The van der Waals surface area contributed by atoms with Gasteiger partial charge >= 0.3 is 5.97 Å². The number of thioether (sulfide) groups is 1. The van der Waals surface area contributed by atoms with Gasteiger partial charge in [0, 0.05) is 6.07 Å². The van der Waals surface area contributed by atoms with E-state index in [2.05, 4.69) is 14.7 Å². The Hall–Kier alpha value is -2.22. The van der Waals surface area contributed by atoms with E-state index in [1.807, 2.05) is 0 Å². The van der Waals surface area contributed by atoms with Gasteiger partial charge in [0.05, 0.1) is 19.1 Å². The molecule has 2 aromatic rings. The highest BCUT2D eigenvalue weighted by Gasteiger charge is 2.15. The summed E-state index contributed by atoms with van der Waals surface area (Å²) in [4.78, 5) is 29.1. The highest BCUT2D eigenvalue weighted by atomic mass is 32.2. The number of rotatable bonds is 4.